The van der Waals surface area contributed by atoms with E-state index in [2.05, 4.69) is 48.0 Å². The summed E-state index contributed by atoms with van der Waals surface area (Å²) in [5.41, 5.74) is 4.43. The molecule has 0 radical (unpaired) electrons. The van der Waals surface area contributed by atoms with E-state index in [4.69, 9.17) is 0 Å². The molecule has 124 valence electrons. The summed E-state index contributed by atoms with van der Waals surface area (Å²) in [5, 5.41) is 7.57. The Labute approximate surface area is 137 Å². The van der Waals surface area contributed by atoms with Crippen molar-refractivity contribution in [1.29, 1.82) is 0 Å². The third-order valence-electron chi connectivity index (χ3n) is 4.85. The summed E-state index contributed by atoms with van der Waals surface area (Å²) >= 11 is 0. The summed E-state index contributed by atoms with van der Waals surface area (Å²) in [6.45, 7) is 11.2. The minimum atomic E-state index is -0.00648. The Morgan fingerprint density at radius 2 is 2.17 bits per heavy atom. The highest BCUT2D eigenvalue weighted by atomic mass is 16.2. The average molecular weight is 315 g/mol. The SMILES string of the molecule is CCn1nc(C)c(CNC(=O)N2CCn3cccc3[C@@H]2C)c1C. The van der Waals surface area contributed by atoms with E-state index in [-0.39, 0.29) is 12.1 Å². The van der Waals surface area contributed by atoms with Crippen LogP contribution in [0.15, 0.2) is 18.3 Å². The van der Waals surface area contributed by atoms with Crippen molar-refractivity contribution in [3.05, 3.63) is 41.0 Å². The molecule has 1 aliphatic heterocycles. The number of hydrogen-bond acceptors (Lipinski definition) is 2. The number of rotatable bonds is 3. The molecular weight excluding hydrogens is 290 g/mol. The molecule has 6 heteroatoms. The summed E-state index contributed by atoms with van der Waals surface area (Å²) < 4.78 is 4.20. The molecule has 0 bridgehead atoms. The van der Waals surface area contributed by atoms with Crippen LogP contribution in [0.25, 0.3) is 0 Å². The van der Waals surface area contributed by atoms with Gasteiger partial charge >= 0.3 is 6.03 Å². The molecule has 2 aromatic rings. The normalized spacial score (nSPS) is 17.2. The highest BCUT2D eigenvalue weighted by Crippen LogP contribution is 2.25. The van der Waals surface area contributed by atoms with Gasteiger partial charge in [-0.1, -0.05) is 0 Å². The lowest BCUT2D eigenvalue weighted by molar-refractivity contribution is 0.162. The Morgan fingerprint density at radius 3 is 2.87 bits per heavy atom. The Morgan fingerprint density at radius 1 is 1.39 bits per heavy atom. The number of fused-ring (bicyclic) bond motifs is 1. The predicted molar refractivity (Wildman–Crippen MR) is 89.2 cm³/mol. The molecule has 2 aromatic heterocycles. The Balaban J connectivity index is 1.68. The number of hydrogen-bond donors (Lipinski definition) is 1. The van der Waals surface area contributed by atoms with Crippen LogP contribution in [0.3, 0.4) is 0 Å². The second-order valence-electron chi connectivity index (χ2n) is 6.12. The third-order valence-corrected chi connectivity index (χ3v) is 4.85. The van der Waals surface area contributed by atoms with Crippen LogP contribution in [0, 0.1) is 13.8 Å². The highest BCUT2D eigenvalue weighted by Gasteiger charge is 2.27. The molecule has 23 heavy (non-hydrogen) atoms. The summed E-state index contributed by atoms with van der Waals surface area (Å²) in [7, 11) is 0. The maximum absolute atomic E-state index is 12.6. The zero-order chi connectivity index (χ0) is 16.6. The van der Waals surface area contributed by atoms with E-state index in [0.717, 1.165) is 36.6 Å². The third kappa shape index (κ3) is 2.73. The number of amides is 2. The monoisotopic (exact) mass is 315 g/mol. The van der Waals surface area contributed by atoms with Crippen LogP contribution in [0.4, 0.5) is 4.79 Å². The van der Waals surface area contributed by atoms with Gasteiger partial charge in [0.15, 0.2) is 0 Å². The van der Waals surface area contributed by atoms with Gasteiger partial charge in [0, 0.05) is 49.3 Å². The molecule has 0 aliphatic carbocycles. The Hall–Kier alpha value is -2.24. The number of carbonyl (C=O) groups excluding carboxylic acids is 1. The number of urea groups is 1. The molecule has 0 spiro atoms. The second kappa shape index (κ2) is 6.10. The minimum absolute atomic E-state index is 0.00648. The molecule has 6 nitrogen and oxygen atoms in total. The first-order chi connectivity index (χ1) is 11.0. The minimum Gasteiger partial charge on any atom is -0.348 e. The number of nitrogens with zero attached hydrogens (tertiary/aromatic N) is 4. The highest BCUT2D eigenvalue weighted by molar-refractivity contribution is 5.75. The van der Waals surface area contributed by atoms with Gasteiger partial charge in [-0.15, -0.1) is 0 Å². The van der Waals surface area contributed by atoms with Gasteiger partial charge in [-0.2, -0.15) is 5.10 Å². The molecule has 1 atom stereocenters. The molecule has 0 saturated carbocycles. The zero-order valence-electron chi connectivity index (χ0n) is 14.3. The molecule has 3 heterocycles. The van der Waals surface area contributed by atoms with Crippen molar-refractivity contribution in [1.82, 2.24) is 24.6 Å². The lowest BCUT2D eigenvalue weighted by Gasteiger charge is -2.34. The van der Waals surface area contributed by atoms with Gasteiger partial charge in [-0.25, -0.2) is 4.79 Å². The molecule has 1 aliphatic rings. The van der Waals surface area contributed by atoms with Crippen molar-refractivity contribution in [2.75, 3.05) is 6.54 Å². The Bertz CT molecular complexity index is 715. The van der Waals surface area contributed by atoms with Crippen LogP contribution in [-0.4, -0.2) is 31.8 Å². The van der Waals surface area contributed by atoms with Gasteiger partial charge in [0.1, 0.15) is 0 Å². The fraction of sp³-hybridized carbons (Fsp3) is 0.529. The lowest BCUT2D eigenvalue weighted by atomic mass is 10.1. The lowest BCUT2D eigenvalue weighted by Crippen LogP contribution is -2.45. The molecule has 0 saturated heterocycles. The maximum atomic E-state index is 12.6. The second-order valence-corrected chi connectivity index (χ2v) is 6.12. The van der Waals surface area contributed by atoms with Gasteiger partial charge in [-0.3, -0.25) is 4.68 Å². The van der Waals surface area contributed by atoms with E-state index >= 15 is 0 Å². The number of aromatic nitrogens is 3. The van der Waals surface area contributed by atoms with E-state index in [0.29, 0.717) is 6.54 Å². The predicted octanol–water partition coefficient (Wildman–Crippen LogP) is 2.61. The van der Waals surface area contributed by atoms with Gasteiger partial charge in [0.25, 0.3) is 0 Å². The fourth-order valence-electron chi connectivity index (χ4n) is 3.42. The number of carbonyl (C=O) groups is 1. The van der Waals surface area contributed by atoms with Crippen molar-refractivity contribution in [3.8, 4) is 0 Å². The van der Waals surface area contributed by atoms with E-state index in [1.54, 1.807) is 0 Å². The van der Waals surface area contributed by atoms with E-state index in [9.17, 15) is 4.79 Å². The first kappa shape index (κ1) is 15.6. The van der Waals surface area contributed by atoms with Crippen molar-refractivity contribution >= 4 is 6.03 Å². The van der Waals surface area contributed by atoms with Crippen LogP contribution in [-0.2, 0) is 19.6 Å². The molecule has 2 amide bonds. The smallest absolute Gasteiger partial charge is 0.318 e. The van der Waals surface area contributed by atoms with Gasteiger partial charge < -0.3 is 14.8 Å². The molecule has 0 unspecified atom stereocenters. The zero-order valence-corrected chi connectivity index (χ0v) is 14.3. The van der Waals surface area contributed by atoms with Crippen LogP contribution in [0.2, 0.25) is 0 Å². The summed E-state index contributed by atoms with van der Waals surface area (Å²) in [6, 6.07) is 4.22. The van der Waals surface area contributed by atoms with Crippen LogP contribution >= 0.6 is 0 Å². The molecular formula is C17H25N5O. The molecule has 0 fully saturated rings. The van der Waals surface area contributed by atoms with Crippen LogP contribution < -0.4 is 5.32 Å². The van der Waals surface area contributed by atoms with Gasteiger partial charge in [0.05, 0.1) is 11.7 Å². The standard InChI is InChI=1S/C17H25N5O/c1-5-22-13(3)15(12(2)19-22)11-18-17(23)21-10-9-20-8-6-7-16(20)14(21)4/h6-8,14H,5,9-11H2,1-4H3,(H,18,23)/t14-/m0/s1. The number of aryl methyl sites for hydroxylation is 2. The van der Waals surface area contributed by atoms with Crippen LogP contribution in [0.1, 0.15) is 42.5 Å². The van der Waals surface area contributed by atoms with Crippen molar-refractivity contribution in [3.63, 3.8) is 0 Å². The van der Waals surface area contributed by atoms with Crippen molar-refractivity contribution in [2.24, 2.45) is 0 Å². The van der Waals surface area contributed by atoms with Gasteiger partial charge in [-0.05, 0) is 39.8 Å². The maximum Gasteiger partial charge on any atom is 0.318 e. The topological polar surface area (TPSA) is 55.1 Å². The van der Waals surface area contributed by atoms with Crippen LogP contribution in [0.5, 0.6) is 0 Å². The summed E-state index contributed by atoms with van der Waals surface area (Å²) in [6.07, 6.45) is 2.08. The molecule has 3 rings (SSSR count). The number of nitrogens with one attached hydrogen (secondary N) is 1. The largest absolute Gasteiger partial charge is 0.348 e. The van der Waals surface area contributed by atoms with E-state index in [1.807, 2.05) is 22.6 Å². The first-order valence-corrected chi connectivity index (χ1v) is 8.25. The summed E-state index contributed by atoms with van der Waals surface area (Å²) in [5.74, 6) is 0. The molecule has 0 aromatic carbocycles. The Kier molecular flexibility index (Phi) is 4.15. The van der Waals surface area contributed by atoms with Crippen molar-refractivity contribution < 1.29 is 4.79 Å². The van der Waals surface area contributed by atoms with Crippen molar-refractivity contribution in [2.45, 2.75) is 53.4 Å². The van der Waals surface area contributed by atoms with E-state index in [1.165, 1.54) is 5.69 Å². The van der Waals surface area contributed by atoms with E-state index < -0.39 is 0 Å². The fourth-order valence-corrected chi connectivity index (χ4v) is 3.42. The van der Waals surface area contributed by atoms with Gasteiger partial charge in [0.2, 0.25) is 0 Å². The summed E-state index contributed by atoms with van der Waals surface area (Å²) in [4.78, 5) is 14.5. The first-order valence-electron chi connectivity index (χ1n) is 8.25. The quantitative estimate of drug-likeness (QED) is 0.946. The molecule has 1 N–H and O–H groups in total. The average Bonchev–Trinajstić information content (AvgIpc) is 3.11.